The van der Waals surface area contributed by atoms with Crippen molar-refractivity contribution in [3.63, 3.8) is 0 Å². The third-order valence-electron chi connectivity index (χ3n) is 6.16. The number of carboxylic acid groups (broad SMARTS) is 2. The molecule has 0 aliphatic carbocycles. The van der Waals surface area contributed by atoms with Gasteiger partial charge in [-0.15, -0.1) is 10.2 Å². The molecule has 1 fully saturated rings. The standard InChI is InChI=1S/C18H24N6O.2C2HF3O2/c1-19-17(25)16-22-21-15-4-5-18(13-24(15)16)6-9-23(10-7-18)12-14-3-2-8-20-11-14;2*3-2(4,5)1(6)7/h2-3,8,11H,4-7,9-10,12-13H2,1H3,(H,19,25);2*(H,6,7). The van der Waals surface area contributed by atoms with Gasteiger partial charge in [0.25, 0.3) is 5.91 Å². The summed E-state index contributed by atoms with van der Waals surface area (Å²) in [6, 6.07) is 4.13. The molecule has 0 radical (unpaired) electrons. The van der Waals surface area contributed by atoms with Gasteiger partial charge < -0.3 is 20.1 Å². The van der Waals surface area contributed by atoms with Gasteiger partial charge in [0.15, 0.2) is 0 Å². The van der Waals surface area contributed by atoms with Crippen molar-refractivity contribution >= 4 is 17.8 Å². The maximum absolute atomic E-state index is 12.0. The summed E-state index contributed by atoms with van der Waals surface area (Å²) in [7, 11) is 1.64. The summed E-state index contributed by atoms with van der Waals surface area (Å²) in [4.78, 5) is 36.5. The van der Waals surface area contributed by atoms with Crippen molar-refractivity contribution in [2.24, 2.45) is 5.41 Å². The Morgan fingerprint density at radius 2 is 1.56 bits per heavy atom. The van der Waals surface area contributed by atoms with Gasteiger partial charge in [-0.1, -0.05) is 6.07 Å². The largest absolute Gasteiger partial charge is 0.490 e. The number of aromatic nitrogens is 4. The van der Waals surface area contributed by atoms with Gasteiger partial charge in [0.2, 0.25) is 5.82 Å². The number of aryl methyl sites for hydroxylation is 1. The Balaban J connectivity index is 0.000000317. The first kappa shape index (κ1) is 31.5. The molecule has 2 aliphatic heterocycles. The lowest BCUT2D eigenvalue weighted by Crippen LogP contribution is -2.44. The second-order valence-electron chi connectivity index (χ2n) is 8.85. The number of fused-ring (bicyclic) bond motifs is 1. The first-order valence-electron chi connectivity index (χ1n) is 11.4. The molecule has 4 rings (SSSR count). The second-order valence-corrected chi connectivity index (χ2v) is 8.85. The first-order chi connectivity index (χ1) is 18.1. The van der Waals surface area contributed by atoms with E-state index in [-0.39, 0.29) is 11.3 Å². The average molecular weight is 568 g/mol. The molecule has 216 valence electrons. The summed E-state index contributed by atoms with van der Waals surface area (Å²) in [5.41, 5.74) is 1.54. The minimum absolute atomic E-state index is 0.148. The SMILES string of the molecule is CNC(=O)c1nnc2n1CC1(CC2)CCN(Cc2cccnc2)CC1.O=C(O)C(F)(F)F.O=C(O)C(F)(F)F. The number of rotatable bonds is 3. The lowest BCUT2D eigenvalue weighted by atomic mass is 9.73. The molecule has 17 heteroatoms. The van der Waals surface area contributed by atoms with E-state index in [1.54, 1.807) is 7.05 Å². The predicted molar refractivity (Wildman–Crippen MR) is 120 cm³/mol. The fourth-order valence-corrected chi connectivity index (χ4v) is 4.10. The zero-order valence-corrected chi connectivity index (χ0v) is 20.6. The highest BCUT2D eigenvalue weighted by Gasteiger charge is 2.40. The number of nitrogens with one attached hydrogen (secondary N) is 1. The van der Waals surface area contributed by atoms with Crippen LogP contribution in [0.4, 0.5) is 26.3 Å². The minimum Gasteiger partial charge on any atom is -0.475 e. The fourth-order valence-electron chi connectivity index (χ4n) is 4.10. The predicted octanol–water partition coefficient (Wildman–Crippen LogP) is 2.53. The lowest BCUT2D eigenvalue weighted by molar-refractivity contribution is -0.193. The maximum atomic E-state index is 12.0. The van der Waals surface area contributed by atoms with Crippen LogP contribution in [0.5, 0.6) is 0 Å². The van der Waals surface area contributed by atoms with Crippen LogP contribution in [0.15, 0.2) is 24.5 Å². The molecule has 0 atom stereocenters. The van der Waals surface area contributed by atoms with E-state index in [9.17, 15) is 31.1 Å². The molecule has 2 aromatic rings. The monoisotopic (exact) mass is 568 g/mol. The normalized spacial score (nSPS) is 16.6. The Morgan fingerprint density at radius 1 is 1.00 bits per heavy atom. The van der Waals surface area contributed by atoms with E-state index < -0.39 is 24.3 Å². The molecular formula is C22H26F6N6O5. The van der Waals surface area contributed by atoms with Crippen molar-refractivity contribution in [1.29, 1.82) is 0 Å². The Hall–Kier alpha value is -3.76. The molecule has 3 N–H and O–H groups in total. The Bertz CT molecular complexity index is 1110. The van der Waals surface area contributed by atoms with E-state index >= 15 is 0 Å². The third-order valence-corrected chi connectivity index (χ3v) is 6.16. The molecule has 1 saturated heterocycles. The van der Waals surface area contributed by atoms with Crippen LogP contribution < -0.4 is 5.32 Å². The van der Waals surface area contributed by atoms with Crippen molar-refractivity contribution in [2.75, 3.05) is 20.1 Å². The average Bonchev–Trinajstić information content (AvgIpc) is 3.28. The van der Waals surface area contributed by atoms with E-state index in [0.717, 1.165) is 57.7 Å². The molecule has 2 aliphatic rings. The van der Waals surface area contributed by atoms with Crippen LogP contribution in [0.2, 0.25) is 0 Å². The molecule has 11 nitrogen and oxygen atoms in total. The molecule has 39 heavy (non-hydrogen) atoms. The highest BCUT2D eigenvalue weighted by molar-refractivity contribution is 5.90. The molecule has 0 bridgehead atoms. The number of carbonyl (C=O) groups is 3. The third kappa shape index (κ3) is 9.19. The summed E-state index contributed by atoms with van der Waals surface area (Å²) in [6.45, 7) is 3.99. The molecule has 1 amide bonds. The number of likely N-dealkylation sites (tertiary alicyclic amines) is 1. The maximum Gasteiger partial charge on any atom is 0.490 e. The number of aliphatic carboxylic acids is 2. The highest BCUT2D eigenvalue weighted by Crippen LogP contribution is 2.41. The second kappa shape index (κ2) is 12.9. The summed E-state index contributed by atoms with van der Waals surface area (Å²) < 4.78 is 65.5. The van der Waals surface area contributed by atoms with Gasteiger partial charge in [0, 0.05) is 39.0 Å². The number of hydrogen-bond donors (Lipinski definition) is 3. The van der Waals surface area contributed by atoms with Crippen LogP contribution in [0.25, 0.3) is 0 Å². The minimum atomic E-state index is -5.08. The van der Waals surface area contributed by atoms with E-state index in [0.29, 0.717) is 5.82 Å². The quantitative estimate of drug-likeness (QED) is 0.475. The lowest BCUT2D eigenvalue weighted by Gasteiger charge is -2.44. The highest BCUT2D eigenvalue weighted by atomic mass is 19.4. The number of pyridine rings is 1. The van der Waals surface area contributed by atoms with Crippen molar-refractivity contribution in [3.05, 3.63) is 41.7 Å². The van der Waals surface area contributed by atoms with Crippen molar-refractivity contribution < 1.29 is 50.9 Å². The molecule has 4 heterocycles. The molecule has 2 aromatic heterocycles. The summed E-state index contributed by atoms with van der Waals surface area (Å²) in [5, 5.41) is 25.2. The molecule has 0 unspecified atom stereocenters. The number of alkyl halides is 6. The van der Waals surface area contributed by atoms with Crippen LogP contribution in [-0.2, 0) is 29.1 Å². The summed E-state index contributed by atoms with van der Waals surface area (Å²) >= 11 is 0. The molecular weight excluding hydrogens is 542 g/mol. The van der Waals surface area contributed by atoms with E-state index in [2.05, 4.69) is 31.5 Å². The number of carbonyl (C=O) groups excluding carboxylic acids is 1. The van der Waals surface area contributed by atoms with Crippen molar-refractivity contribution in [3.8, 4) is 0 Å². The van der Waals surface area contributed by atoms with Crippen molar-refractivity contribution in [2.45, 2.75) is 51.1 Å². The van der Waals surface area contributed by atoms with Gasteiger partial charge in [0.05, 0.1) is 0 Å². The number of hydrogen-bond acceptors (Lipinski definition) is 7. The first-order valence-corrected chi connectivity index (χ1v) is 11.4. The Morgan fingerprint density at radius 3 is 2.03 bits per heavy atom. The van der Waals surface area contributed by atoms with Crippen LogP contribution >= 0.6 is 0 Å². The van der Waals surface area contributed by atoms with E-state index in [1.165, 1.54) is 5.56 Å². The molecule has 0 saturated carbocycles. The van der Waals surface area contributed by atoms with Gasteiger partial charge in [-0.05, 0) is 49.4 Å². The fraction of sp³-hybridized carbons (Fsp3) is 0.545. The smallest absolute Gasteiger partial charge is 0.475 e. The Kier molecular flexibility index (Phi) is 10.4. The molecule has 0 aromatic carbocycles. The number of nitrogens with zero attached hydrogens (tertiary/aromatic N) is 5. The number of carboxylic acids is 2. The van der Waals surface area contributed by atoms with Crippen LogP contribution in [0.1, 0.15) is 41.3 Å². The van der Waals surface area contributed by atoms with Crippen molar-refractivity contribution in [1.82, 2.24) is 30.0 Å². The van der Waals surface area contributed by atoms with E-state index in [1.807, 2.05) is 23.0 Å². The van der Waals surface area contributed by atoms with Gasteiger partial charge >= 0.3 is 24.3 Å². The van der Waals surface area contributed by atoms with Crippen LogP contribution in [0, 0.1) is 5.41 Å². The zero-order chi connectivity index (χ0) is 29.4. The number of amides is 1. The van der Waals surface area contributed by atoms with Gasteiger partial charge in [-0.3, -0.25) is 14.7 Å². The summed E-state index contributed by atoms with van der Waals surface area (Å²) in [6.07, 6.45) is -2.05. The topological polar surface area (TPSA) is 151 Å². The zero-order valence-electron chi connectivity index (χ0n) is 20.6. The molecule has 1 spiro atoms. The van der Waals surface area contributed by atoms with E-state index in [4.69, 9.17) is 19.8 Å². The van der Waals surface area contributed by atoms with Crippen LogP contribution in [0.3, 0.4) is 0 Å². The van der Waals surface area contributed by atoms with Gasteiger partial charge in [-0.25, -0.2) is 9.59 Å². The van der Waals surface area contributed by atoms with Gasteiger partial charge in [-0.2, -0.15) is 26.3 Å². The van der Waals surface area contributed by atoms with Crippen LogP contribution in [-0.4, -0.2) is 85.2 Å². The number of halogens is 6. The summed E-state index contributed by atoms with van der Waals surface area (Å²) in [5.74, 6) is -4.26. The van der Waals surface area contributed by atoms with Gasteiger partial charge in [0.1, 0.15) is 5.82 Å². The Labute approximate surface area is 217 Å². The number of piperidine rings is 1.